The standard InChI is InChI=1S/C16H29N3O3/c1-11(2)7-16(8-13(17)20)5-6-19(15(16)22,9-12(3)4)10-14(18)21/h11-12H,5-10H2,1-4H3,(H3-,17,18,20,21)/p+1. The summed E-state index contributed by atoms with van der Waals surface area (Å²) in [5.74, 6) is -0.443. The minimum atomic E-state index is -0.746. The lowest BCUT2D eigenvalue weighted by Gasteiger charge is -2.35. The van der Waals surface area contributed by atoms with E-state index in [0.29, 0.717) is 25.9 Å². The number of primary amides is 2. The summed E-state index contributed by atoms with van der Waals surface area (Å²) in [5, 5.41) is 0. The lowest BCUT2D eigenvalue weighted by Crippen LogP contribution is -2.58. The first-order valence-corrected chi connectivity index (χ1v) is 8.01. The quantitative estimate of drug-likeness (QED) is 0.647. The SMILES string of the molecule is CC(C)CC1(CC(N)=O)CC[N+](CC(N)=O)(CC(C)C)C1=O. The van der Waals surface area contributed by atoms with Crippen LogP contribution >= 0.6 is 0 Å². The smallest absolute Gasteiger partial charge is 0.321 e. The van der Waals surface area contributed by atoms with E-state index in [-0.39, 0.29) is 35.2 Å². The molecule has 0 spiro atoms. The Labute approximate surface area is 132 Å². The summed E-state index contributed by atoms with van der Waals surface area (Å²) in [5.41, 5.74) is 10.0. The monoisotopic (exact) mass is 312 g/mol. The maximum Gasteiger partial charge on any atom is 0.321 e. The number of quaternary nitrogens is 1. The normalized spacial score (nSPS) is 28.5. The van der Waals surface area contributed by atoms with Crippen molar-refractivity contribution < 1.29 is 18.9 Å². The van der Waals surface area contributed by atoms with Crippen LogP contribution in [0.4, 0.5) is 0 Å². The molecule has 6 nitrogen and oxygen atoms in total. The van der Waals surface area contributed by atoms with Crippen molar-refractivity contribution in [3.8, 4) is 0 Å². The van der Waals surface area contributed by atoms with E-state index in [9.17, 15) is 14.4 Å². The topological polar surface area (TPSA) is 103 Å². The van der Waals surface area contributed by atoms with E-state index in [2.05, 4.69) is 0 Å². The minimum absolute atomic E-state index is 0.00954. The summed E-state index contributed by atoms with van der Waals surface area (Å²) in [6, 6.07) is 0. The molecule has 2 unspecified atom stereocenters. The first-order valence-electron chi connectivity index (χ1n) is 8.01. The van der Waals surface area contributed by atoms with Gasteiger partial charge in [-0.1, -0.05) is 27.7 Å². The van der Waals surface area contributed by atoms with Gasteiger partial charge >= 0.3 is 5.91 Å². The van der Waals surface area contributed by atoms with Crippen molar-refractivity contribution >= 4 is 17.7 Å². The van der Waals surface area contributed by atoms with Crippen LogP contribution < -0.4 is 11.5 Å². The molecule has 0 radical (unpaired) electrons. The Balaban J connectivity index is 3.20. The van der Waals surface area contributed by atoms with Gasteiger partial charge in [-0.3, -0.25) is 14.1 Å². The number of amides is 3. The van der Waals surface area contributed by atoms with Gasteiger partial charge in [0, 0.05) is 18.8 Å². The predicted octanol–water partition coefficient (Wildman–Crippen LogP) is 0.783. The maximum absolute atomic E-state index is 13.2. The average Bonchev–Trinajstić information content (AvgIpc) is 2.52. The van der Waals surface area contributed by atoms with Crippen LogP contribution in [0.2, 0.25) is 0 Å². The van der Waals surface area contributed by atoms with Gasteiger partial charge in [0.15, 0.2) is 6.54 Å². The summed E-state index contributed by atoms with van der Waals surface area (Å²) in [7, 11) is 0. The molecule has 0 aromatic rings. The fraction of sp³-hybridized carbons (Fsp3) is 0.812. The van der Waals surface area contributed by atoms with Crippen molar-refractivity contribution in [2.45, 2.75) is 47.0 Å². The molecule has 3 amide bonds. The summed E-state index contributed by atoms with van der Waals surface area (Å²) in [6.45, 7) is 9.23. The molecule has 0 aromatic heterocycles. The Morgan fingerprint density at radius 2 is 1.73 bits per heavy atom. The largest absolute Gasteiger partial charge is 0.370 e. The molecule has 1 rings (SSSR count). The second-order valence-corrected chi connectivity index (χ2v) is 7.65. The Morgan fingerprint density at radius 1 is 1.14 bits per heavy atom. The maximum atomic E-state index is 13.2. The molecule has 2 atom stereocenters. The molecule has 0 aliphatic carbocycles. The fourth-order valence-corrected chi connectivity index (χ4v) is 4.07. The first kappa shape index (κ1) is 18.6. The molecule has 0 saturated carbocycles. The molecule has 1 aliphatic heterocycles. The number of carbonyl (C=O) groups excluding carboxylic acids is 3. The predicted molar refractivity (Wildman–Crippen MR) is 84.2 cm³/mol. The number of hydrogen-bond donors (Lipinski definition) is 2. The van der Waals surface area contributed by atoms with Gasteiger partial charge in [-0.2, -0.15) is 0 Å². The highest BCUT2D eigenvalue weighted by molar-refractivity contribution is 5.87. The van der Waals surface area contributed by atoms with Crippen LogP contribution in [0.5, 0.6) is 0 Å². The molecule has 0 aromatic carbocycles. The van der Waals surface area contributed by atoms with Crippen molar-refractivity contribution in [3.05, 3.63) is 0 Å². The first-order chi connectivity index (χ1) is 10.0. The van der Waals surface area contributed by atoms with Crippen LogP contribution in [-0.4, -0.2) is 41.8 Å². The number of hydrogen-bond acceptors (Lipinski definition) is 3. The van der Waals surface area contributed by atoms with Crippen LogP contribution in [0.3, 0.4) is 0 Å². The van der Waals surface area contributed by atoms with Gasteiger partial charge < -0.3 is 11.5 Å². The van der Waals surface area contributed by atoms with Crippen molar-refractivity contribution in [1.29, 1.82) is 0 Å². The minimum Gasteiger partial charge on any atom is -0.370 e. The van der Waals surface area contributed by atoms with Crippen molar-refractivity contribution in [2.75, 3.05) is 19.6 Å². The van der Waals surface area contributed by atoms with Crippen LogP contribution in [0.1, 0.15) is 47.0 Å². The van der Waals surface area contributed by atoms with Crippen molar-refractivity contribution in [1.82, 2.24) is 0 Å². The zero-order valence-electron chi connectivity index (χ0n) is 14.2. The lowest BCUT2D eigenvalue weighted by atomic mass is 9.75. The number of carbonyl (C=O) groups is 3. The third-order valence-corrected chi connectivity index (χ3v) is 4.39. The third-order valence-electron chi connectivity index (χ3n) is 4.39. The molecular formula is C16H30N3O3+. The van der Waals surface area contributed by atoms with Crippen LogP contribution in [-0.2, 0) is 14.4 Å². The van der Waals surface area contributed by atoms with Gasteiger partial charge in [0.25, 0.3) is 5.91 Å². The highest BCUT2D eigenvalue weighted by atomic mass is 16.2. The molecule has 1 heterocycles. The molecule has 4 N–H and O–H groups in total. The van der Waals surface area contributed by atoms with E-state index in [1.165, 1.54) is 0 Å². The van der Waals surface area contributed by atoms with E-state index >= 15 is 0 Å². The highest BCUT2D eigenvalue weighted by Crippen LogP contribution is 2.44. The summed E-state index contributed by atoms with van der Waals surface area (Å²) in [6.07, 6.45) is 1.26. The van der Waals surface area contributed by atoms with E-state index < -0.39 is 17.2 Å². The fourth-order valence-electron chi connectivity index (χ4n) is 4.07. The number of nitrogens with zero attached hydrogens (tertiary/aromatic N) is 1. The van der Waals surface area contributed by atoms with E-state index in [1.54, 1.807) is 0 Å². The average molecular weight is 312 g/mol. The second kappa shape index (κ2) is 6.77. The second-order valence-electron chi connectivity index (χ2n) is 7.65. The van der Waals surface area contributed by atoms with Gasteiger partial charge in [0.2, 0.25) is 5.91 Å². The van der Waals surface area contributed by atoms with Crippen molar-refractivity contribution in [3.63, 3.8) is 0 Å². The zero-order chi connectivity index (χ0) is 17.1. The number of rotatable bonds is 8. The molecule has 126 valence electrons. The molecule has 22 heavy (non-hydrogen) atoms. The molecule has 1 saturated heterocycles. The van der Waals surface area contributed by atoms with Crippen LogP contribution in [0.15, 0.2) is 0 Å². The van der Waals surface area contributed by atoms with Gasteiger partial charge in [-0.05, 0) is 12.3 Å². The summed E-state index contributed by atoms with van der Waals surface area (Å²) < 4.78 is 0.0625. The van der Waals surface area contributed by atoms with E-state index in [1.807, 2.05) is 27.7 Å². The molecule has 6 heteroatoms. The molecular weight excluding hydrogens is 282 g/mol. The summed E-state index contributed by atoms with van der Waals surface area (Å²) >= 11 is 0. The Morgan fingerprint density at radius 3 is 2.14 bits per heavy atom. The van der Waals surface area contributed by atoms with Crippen LogP contribution in [0.25, 0.3) is 0 Å². The van der Waals surface area contributed by atoms with E-state index in [0.717, 1.165) is 0 Å². The molecule has 1 aliphatic rings. The van der Waals surface area contributed by atoms with E-state index in [4.69, 9.17) is 11.5 Å². The molecule has 1 fully saturated rings. The Hall–Kier alpha value is -1.43. The summed E-state index contributed by atoms with van der Waals surface area (Å²) in [4.78, 5) is 36.3. The van der Waals surface area contributed by atoms with Gasteiger partial charge in [-0.15, -0.1) is 0 Å². The highest BCUT2D eigenvalue weighted by Gasteiger charge is 2.59. The van der Waals surface area contributed by atoms with Gasteiger partial charge in [0.05, 0.1) is 18.5 Å². The Kier molecular flexibility index (Phi) is 5.73. The van der Waals surface area contributed by atoms with Gasteiger partial charge in [0.1, 0.15) is 0 Å². The Bertz CT molecular complexity index is 422. The third kappa shape index (κ3) is 4.06. The lowest BCUT2D eigenvalue weighted by molar-refractivity contribution is -0.842. The van der Waals surface area contributed by atoms with Gasteiger partial charge in [-0.25, -0.2) is 4.79 Å². The molecule has 0 bridgehead atoms. The zero-order valence-corrected chi connectivity index (χ0v) is 14.2. The van der Waals surface area contributed by atoms with Crippen LogP contribution in [0, 0.1) is 17.3 Å². The van der Waals surface area contributed by atoms with Crippen molar-refractivity contribution in [2.24, 2.45) is 28.7 Å². The number of nitrogens with two attached hydrogens (primary N) is 2. The number of likely N-dealkylation sites (tertiary alicyclic amines) is 1.